The molecule has 1 aliphatic heterocycles. The van der Waals surface area contributed by atoms with Crippen LogP contribution in [0.15, 0.2) is 0 Å². The predicted octanol–water partition coefficient (Wildman–Crippen LogP) is 2.46. The fourth-order valence-corrected chi connectivity index (χ4v) is 3.46. The van der Waals surface area contributed by atoms with Crippen molar-refractivity contribution < 1.29 is 4.79 Å². The van der Waals surface area contributed by atoms with Crippen LogP contribution in [0.25, 0.3) is 0 Å². The average molecular weight is 252 g/mol. The smallest absolute Gasteiger partial charge is 0.223 e. The monoisotopic (exact) mass is 252 g/mol. The first-order valence-electron chi connectivity index (χ1n) is 7.70. The molecule has 2 rings (SSSR count). The Morgan fingerprint density at radius 3 is 2.61 bits per heavy atom. The van der Waals surface area contributed by atoms with Crippen molar-refractivity contribution in [3.8, 4) is 0 Å². The maximum absolute atomic E-state index is 12.3. The van der Waals surface area contributed by atoms with E-state index in [1.54, 1.807) is 0 Å². The quantitative estimate of drug-likeness (QED) is 0.810. The van der Waals surface area contributed by atoms with E-state index in [4.69, 9.17) is 0 Å². The normalized spacial score (nSPS) is 31.9. The first-order chi connectivity index (χ1) is 8.66. The van der Waals surface area contributed by atoms with Crippen LogP contribution in [-0.2, 0) is 4.79 Å². The summed E-state index contributed by atoms with van der Waals surface area (Å²) in [6, 6.07) is 0.850. The molecule has 3 heteroatoms. The SMILES string of the molecule is CC1CC(C(=O)N[C@@H](C)C2CCCCC2)CCN1. The molecule has 0 spiro atoms. The highest BCUT2D eigenvalue weighted by molar-refractivity contribution is 5.79. The van der Waals surface area contributed by atoms with E-state index in [1.165, 1.54) is 32.1 Å². The van der Waals surface area contributed by atoms with Crippen molar-refractivity contribution in [3.63, 3.8) is 0 Å². The van der Waals surface area contributed by atoms with E-state index < -0.39 is 0 Å². The molecule has 3 nitrogen and oxygen atoms in total. The lowest BCUT2D eigenvalue weighted by Gasteiger charge is -2.32. The Hall–Kier alpha value is -0.570. The molecule has 18 heavy (non-hydrogen) atoms. The molecular weight excluding hydrogens is 224 g/mol. The molecule has 0 aromatic heterocycles. The zero-order chi connectivity index (χ0) is 13.0. The predicted molar refractivity (Wildman–Crippen MR) is 74.4 cm³/mol. The van der Waals surface area contributed by atoms with E-state index in [2.05, 4.69) is 24.5 Å². The van der Waals surface area contributed by atoms with Crippen molar-refractivity contribution in [1.82, 2.24) is 10.6 Å². The molecule has 0 radical (unpaired) electrons. The van der Waals surface area contributed by atoms with Gasteiger partial charge in [0, 0.05) is 18.0 Å². The number of rotatable bonds is 3. The first kappa shape index (κ1) is 13.9. The number of carbonyl (C=O) groups is 1. The van der Waals surface area contributed by atoms with Gasteiger partial charge < -0.3 is 10.6 Å². The molecular formula is C15H28N2O. The lowest BCUT2D eigenvalue weighted by Crippen LogP contribution is -2.46. The minimum absolute atomic E-state index is 0.229. The summed E-state index contributed by atoms with van der Waals surface area (Å²) in [7, 11) is 0. The number of amides is 1. The summed E-state index contributed by atoms with van der Waals surface area (Å²) in [4.78, 5) is 12.3. The van der Waals surface area contributed by atoms with Gasteiger partial charge >= 0.3 is 0 Å². The summed E-state index contributed by atoms with van der Waals surface area (Å²) in [6.07, 6.45) is 8.64. The molecule has 1 heterocycles. The zero-order valence-electron chi connectivity index (χ0n) is 11.9. The van der Waals surface area contributed by atoms with Gasteiger partial charge in [-0.05, 0) is 52.0 Å². The van der Waals surface area contributed by atoms with Crippen LogP contribution in [-0.4, -0.2) is 24.5 Å². The van der Waals surface area contributed by atoms with Crippen molar-refractivity contribution in [1.29, 1.82) is 0 Å². The van der Waals surface area contributed by atoms with Gasteiger partial charge in [0.2, 0.25) is 5.91 Å². The first-order valence-corrected chi connectivity index (χ1v) is 7.70. The Morgan fingerprint density at radius 1 is 1.22 bits per heavy atom. The molecule has 2 fully saturated rings. The Bertz CT molecular complexity index is 274. The fourth-order valence-electron chi connectivity index (χ4n) is 3.46. The minimum atomic E-state index is 0.229. The van der Waals surface area contributed by atoms with Crippen LogP contribution in [0.3, 0.4) is 0 Å². The van der Waals surface area contributed by atoms with Crippen molar-refractivity contribution in [2.45, 2.75) is 70.9 Å². The Morgan fingerprint density at radius 2 is 1.94 bits per heavy atom. The lowest BCUT2D eigenvalue weighted by atomic mass is 9.84. The Kier molecular flexibility index (Phi) is 5.04. The second-order valence-corrected chi connectivity index (χ2v) is 6.27. The second-order valence-electron chi connectivity index (χ2n) is 6.27. The van der Waals surface area contributed by atoms with Gasteiger partial charge in [-0.25, -0.2) is 0 Å². The molecule has 2 aliphatic rings. The summed E-state index contributed by atoms with van der Waals surface area (Å²) < 4.78 is 0. The van der Waals surface area contributed by atoms with Gasteiger partial charge in [-0.2, -0.15) is 0 Å². The van der Waals surface area contributed by atoms with E-state index in [1.807, 2.05) is 0 Å². The van der Waals surface area contributed by atoms with Gasteiger partial charge in [-0.1, -0.05) is 19.3 Å². The summed E-state index contributed by atoms with van der Waals surface area (Å²) >= 11 is 0. The summed E-state index contributed by atoms with van der Waals surface area (Å²) in [5.74, 6) is 1.23. The molecule has 0 bridgehead atoms. The molecule has 0 aromatic rings. The molecule has 0 aromatic carbocycles. The molecule has 1 amide bonds. The Labute approximate surface area is 111 Å². The average Bonchev–Trinajstić information content (AvgIpc) is 2.39. The third-order valence-electron chi connectivity index (χ3n) is 4.72. The van der Waals surface area contributed by atoms with E-state index in [9.17, 15) is 4.79 Å². The number of carbonyl (C=O) groups excluding carboxylic acids is 1. The number of hydrogen-bond donors (Lipinski definition) is 2. The molecule has 3 atom stereocenters. The largest absolute Gasteiger partial charge is 0.353 e. The van der Waals surface area contributed by atoms with Gasteiger partial charge in [0.15, 0.2) is 0 Å². The van der Waals surface area contributed by atoms with E-state index in [-0.39, 0.29) is 5.92 Å². The lowest BCUT2D eigenvalue weighted by molar-refractivity contribution is -0.127. The van der Waals surface area contributed by atoms with Crippen LogP contribution in [0.2, 0.25) is 0 Å². The number of hydrogen-bond acceptors (Lipinski definition) is 2. The topological polar surface area (TPSA) is 41.1 Å². The standard InChI is InChI=1S/C15H28N2O/c1-11-10-14(8-9-16-11)15(18)17-12(2)13-6-4-3-5-7-13/h11-14,16H,3-10H2,1-2H3,(H,17,18)/t11?,12-,14?/m0/s1. The van der Waals surface area contributed by atoms with Crippen LogP contribution in [0, 0.1) is 11.8 Å². The van der Waals surface area contributed by atoms with Gasteiger partial charge in [0.25, 0.3) is 0 Å². The van der Waals surface area contributed by atoms with E-state index >= 15 is 0 Å². The molecule has 2 N–H and O–H groups in total. The molecule has 1 saturated carbocycles. The van der Waals surface area contributed by atoms with Crippen molar-refractivity contribution >= 4 is 5.91 Å². The van der Waals surface area contributed by atoms with Gasteiger partial charge in [0.1, 0.15) is 0 Å². The van der Waals surface area contributed by atoms with Crippen LogP contribution >= 0.6 is 0 Å². The third-order valence-corrected chi connectivity index (χ3v) is 4.72. The number of piperidine rings is 1. The van der Waals surface area contributed by atoms with Crippen molar-refractivity contribution in [2.24, 2.45) is 11.8 Å². The highest BCUT2D eigenvalue weighted by atomic mass is 16.1. The maximum Gasteiger partial charge on any atom is 0.223 e. The fraction of sp³-hybridized carbons (Fsp3) is 0.933. The minimum Gasteiger partial charge on any atom is -0.353 e. The van der Waals surface area contributed by atoms with Gasteiger partial charge in [-0.3, -0.25) is 4.79 Å². The highest BCUT2D eigenvalue weighted by Crippen LogP contribution is 2.26. The van der Waals surface area contributed by atoms with Crippen LogP contribution in [0.4, 0.5) is 0 Å². The Balaban J connectivity index is 1.78. The molecule has 2 unspecified atom stereocenters. The van der Waals surface area contributed by atoms with Crippen LogP contribution < -0.4 is 10.6 Å². The molecule has 1 aliphatic carbocycles. The van der Waals surface area contributed by atoms with E-state index in [0.717, 1.165) is 19.4 Å². The van der Waals surface area contributed by atoms with Gasteiger partial charge in [-0.15, -0.1) is 0 Å². The maximum atomic E-state index is 12.3. The zero-order valence-corrected chi connectivity index (χ0v) is 11.9. The highest BCUT2D eigenvalue weighted by Gasteiger charge is 2.27. The second kappa shape index (κ2) is 6.55. The van der Waals surface area contributed by atoms with E-state index in [0.29, 0.717) is 23.9 Å². The van der Waals surface area contributed by atoms with Gasteiger partial charge in [0.05, 0.1) is 0 Å². The summed E-state index contributed by atoms with van der Waals surface area (Å²) in [5.41, 5.74) is 0. The van der Waals surface area contributed by atoms with Crippen LogP contribution in [0.1, 0.15) is 58.8 Å². The van der Waals surface area contributed by atoms with Crippen molar-refractivity contribution in [3.05, 3.63) is 0 Å². The summed E-state index contributed by atoms with van der Waals surface area (Å²) in [6.45, 7) is 5.35. The molecule has 1 saturated heterocycles. The summed E-state index contributed by atoms with van der Waals surface area (Å²) in [5, 5.41) is 6.68. The number of nitrogens with one attached hydrogen (secondary N) is 2. The van der Waals surface area contributed by atoms with Crippen molar-refractivity contribution in [2.75, 3.05) is 6.54 Å². The third kappa shape index (κ3) is 3.71. The molecule has 104 valence electrons. The van der Waals surface area contributed by atoms with Crippen LogP contribution in [0.5, 0.6) is 0 Å².